The number of nitrogens with zero attached hydrogens (tertiary/aromatic N) is 2. The van der Waals surface area contributed by atoms with Crippen molar-refractivity contribution in [3.05, 3.63) is 69.4 Å². The summed E-state index contributed by atoms with van der Waals surface area (Å²) in [6, 6.07) is 6.25. The molecule has 0 aliphatic carbocycles. The lowest BCUT2D eigenvalue weighted by Gasteiger charge is -2.23. The molecular weight excluding hydrogens is 435 g/mol. The molecule has 31 heavy (non-hydrogen) atoms. The topological polar surface area (TPSA) is 94.2 Å². The maximum Gasteiger partial charge on any atom is 0.406 e. The summed E-state index contributed by atoms with van der Waals surface area (Å²) in [6.07, 6.45) is -3.66. The molecular formula is C20H20F3N3O4S. The first-order valence-corrected chi connectivity index (χ1v) is 10.7. The van der Waals surface area contributed by atoms with Crippen molar-refractivity contribution >= 4 is 26.6 Å². The summed E-state index contributed by atoms with van der Waals surface area (Å²) in [5, 5.41) is 11.7. The predicted octanol–water partition coefficient (Wildman–Crippen LogP) is 4.38. The van der Waals surface area contributed by atoms with Gasteiger partial charge in [-0.25, -0.2) is 8.42 Å². The SMILES string of the molecule is Cc1cc(C)c(S(=O)(=O)NC(Cn2ccc3cccc([N+](=O)[O-])c32)C(F)(F)F)c(C)c1. The molecule has 7 nitrogen and oxygen atoms in total. The average Bonchev–Trinajstić information content (AvgIpc) is 3.02. The van der Waals surface area contributed by atoms with E-state index in [1.54, 1.807) is 23.8 Å². The zero-order valence-corrected chi connectivity index (χ0v) is 17.7. The van der Waals surface area contributed by atoms with Gasteiger partial charge in [0, 0.05) is 24.2 Å². The first-order chi connectivity index (χ1) is 14.3. The molecule has 0 bridgehead atoms. The highest BCUT2D eigenvalue weighted by Gasteiger charge is 2.43. The quantitative estimate of drug-likeness (QED) is 0.441. The fourth-order valence-electron chi connectivity index (χ4n) is 3.78. The number of sulfonamides is 1. The molecule has 0 radical (unpaired) electrons. The number of benzene rings is 2. The largest absolute Gasteiger partial charge is 0.406 e. The molecule has 1 atom stereocenters. The van der Waals surface area contributed by atoms with Crippen LogP contribution in [0, 0.1) is 30.9 Å². The van der Waals surface area contributed by atoms with Crippen molar-refractivity contribution < 1.29 is 26.5 Å². The molecule has 1 aromatic heterocycles. The maximum absolute atomic E-state index is 13.8. The van der Waals surface area contributed by atoms with E-state index in [1.165, 1.54) is 44.3 Å². The number of aryl methyl sites for hydroxylation is 3. The monoisotopic (exact) mass is 455 g/mol. The number of nitro groups is 1. The highest BCUT2D eigenvalue weighted by Crippen LogP contribution is 2.30. The minimum Gasteiger partial charge on any atom is -0.340 e. The Morgan fingerprint density at radius 3 is 2.29 bits per heavy atom. The molecule has 1 unspecified atom stereocenters. The third kappa shape index (κ3) is 4.57. The number of hydrogen-bond donors (Lipinski definition) is 1. The van der Waals surface area contributed by atoms with Crippen molar-refractivity contribution in [1.82, 2.24) is 9.29 Å². The number of hydrogen-bond acceptors (Lipinski definition) is 4. The minimum absolute atomic E-state index is 0.0105. The van der Waals surface area contributed by atoms with Gasteiger partial charge in [-0.2, -0.15) is 17.9 Å². The van der Waals surface area contributed by atoms with Crippen molar-refractivity contribution in [3.63, 3.8) is 0 Å². The number of rotatable bonds is 6. The van der Waals surface area contributed by atoms with Crippen LogP contribution < -0.4 is 4.72 Å². The second-order valence-electron chi connectivity index (χ2n) is 7.38. The van der Waals surface area contributed by atoms with E-state index in [0.29, 0.717) is 16.5 Å². The Bertz CT molecular complexity index is 1240. The van der Waals surface area contributed by atoms with Crippen LogP contribution in [0.3, 0.4) is 0 Å². The van der Waals surface area contributed by atoms with Gasteiger partial charge in [0.05, 0.1) is 9.82 Å². The highest BCUT2D eigenvalue weighted by molar-refractivity contribution is 7.89. The second kappa shape index (κ2) is 7.97. The van der Waals surface area contributed by atoms with Crippen LogP contribution in [0.5, 0.6) is 0 Å². The lowest BCUT2D eigenvalue weighted by atomic mass is 10.1. The third-order valence-corrected chi connectivity index (χ3v) is 6.69. The lowest BCUT2D eigenvalue weighted by molar-refractivity contribution is -0.383. The van der Waals surface area contributed by atoms with E-state index in [9.17, 15) is 31.7 Å². The highest BCUT2D eigenvalue weighted by atomic mass is 32.2. The Labute approximate surface area is 176 Å². The number of aromatic nitrogens is 1. The molecule has 0 fully saturated rings. The first-order valence-electron chi connectivity index (χ1n) is 9.20. The zero-order valence-electron chi connectivity index (χ0n) is 16.9. The molecule has 0 amide bonds. The van der Waals surface area contributed by atoms with Crippen LogP contribution in [0.15, 0.2) is 47.5 Å². The fourth-order valence-corrected chi connectivity index (χ4v) is 5.45. The van der Waals surface area contributed by atoms with Crippen molar-refractivity contribution in [1.29, 1.82) is 0 Å². The van der Waals surface area contributed by atoms with E-state index in [-0.39, 0.29) is 16.1 Å². The van der Waals surface area contributed by atoms with E-state index < -0.39 is 33.7 Å². The molecule has 1 heterocycles. The van der Waals surface area contributed by atoms with Crippen LogP contribution in [-0.4, -0.2) is 30.1 Å². The predicted molar refractivity (Wildman–Crippen MR) is 109 cm³/mol. The van der Waals surface area contributed by atoms with Crippen molar-refractivity contribution in [3.8, 4) is 0 Å². The van der Waals surface area contributed by atoms with Gasteiger partial charge in [0.15, 0.2) is 0 Å². The minimum atomic E-state index is -4.93. The summed E-state index contributed by atoms with van der Waals surface area (Å²) in [7, 11) is -4.52. The summed E-state index contributed by atoms with van der Waals surface area (Å²) in [6.45, 7) is 3.92. The van der Waals surface area contributed by atoms with Crippen LogP contribution in [-0.2, 0) is 16.6 Å². The third-order valence-electron chi connectivity index (χ3n) is 4.91. The van der Waals surface area contributed by atoms with Gasteiger partial charge < -0.3 is 4.57 Å². The summed E-state index contributed by atoms with van der Waals surface area (Å²) in [5.41, 5.74) is 1.06. The number of nitro benzene ring substituents is 1. The fraction of sp³-hybridized carbons (Fsp3) is 0.300. The lowest BCUT2D eigenvalue weighted by Crippen LogP contribution is -2.48. The summed E-state index contributed by atoms with van der Waals surface area (Å²) >= 11 is 0. The van der Waals surface area contributed by atoms with Gasteiger partial charge in [-0.05, 0) is 38.0 Å². The van der Waals surface area contributed by atoms with Gasteiger partial charge in [0.1, 0.15) is 11.6 Å². The van der Waals surface area contributed by atoms with Gasteiger partial charge in [0.2, 0.25) is 10.0 Å². The Balaban J connectivity index is 2.04. The summed E-state index contributed by atoms with van der Waals surface area (Å²) < 4.78 is 70.0. The molecule has 0 spiro atoms. The van der Waals surface area contributed by atoms with Crippen LogP contribution >= 0.6 is 0 Å². The van der Waals surface area contributed by atoms with E-state index in [1.807, 2.05) is 0 Å². The van der Waals surface area contributed by atoms with Gasteiger partial charge >= 0.3 is 6.18 Å². The smallest absolute Gasteiger partial charge is 0.340 e. The molecule has 0 saturated carbocycles. The van der Waals surface area contributed by atoms with Crippen molar-refractivity contribution in [2.24, 2.45) is 0 Å². The molecule has 0 aliphatic heterocycles. The number of halogens is 3. The second-order valence-corrected chi connectivity index (χ2v) is 9.03. The van der Waals surface area contributed by atoms with Crippen LogP contribution in [0.1, 0.15) is 16.7 Å². The molecule has 3 rings (SSSR count). The number of non-ortho nitro benzene ring substituents is 1. The van der Waals surface area contributed by atoms with E-state index in [2.05, 4.69) is 0 Å². The van der Waals surface area contributed by atoms with Gasteiger partial charge in [0.25, 0.3) is 5.69 Å². The number of nitrogens with one attached hydrogen (secondary N) is 1. The molecule has 0 saturated heterocycles. The van der Waals surface area contributed by atoms with Gasteiger partial charge in [-0.1, -0.05) is 29.8 Å². The Kier molecular flexibility index (Phi) is 5.85. The standard InChI is InChI=1S/C20H20F3N3O4S/c1-12-9-13(2)19(14(3)10-12)31(29,30)24-17(20(21,22)23)11-25-8-7-15-5-4-6-16(18(15)25)26(27)28/h4-10,17,24H,11H2,1-3H3. The zero-order chi connectivity index (χ0) is 23.1. The van der Waals surface area contributed by atoms with E-state index >= 15 is 0 Å². The molecule has 2 aromatic carbocycles. The van der Waals surface area contributed by atoms with Crippen molar-refractivity contribution in [2.75, 3.05) is 0 Å². The number of para-hydroxylation sites is 1. The van der Waals surface area contributed by atoms with Crippen LogP contribution in [0.4, 0.5) is 18.9 Å². The molecule has 0 aliphatic rings. The van der Waals surface area contributed by atoms with E-state index in [0.717, 1.165) is 10.1 Å². The number of fused-ring (bicyclic) bond motifs is 1. The van der Waals surface area contributed by atoms with Gasteiger partial charge in [-0.3, -0.25) is 10.1 Å². The molecule has 11 heteroatoms. The van der Waals surface area contributed by atoms with Crippen LogP contribution in [0.2, 0.25) is 0 Å². The summed E-state index contributed by atoms with van der Waals surface area (Å²) in [4.78, 5) is 10.4. The molecule has 3 aromatic rings. The summed E-state index contributed by atoms with van der Waals surface area (Å²) in [5.74, 6) is 0. The van der Waals surface area contributed by atoms with Gasteiger partial charge in [-0.15, -0.1) is 0 Å². The average molecular weight is 455 g/mol. The van der Waals surface area contributed by atoms with Crippen LogP contribution in [0.25, 0.3) is 10.9 Å². The van der Waals surface area contributed by atoms with E-state index in [4.69, 9.17) is 0 Å². The number of alkyl halides is 3. The normalized spacial score (nSPS) is 13.5. The van der Waals surface area contributed by atoms with Crippen molar-refractivity contribution in [2.45, 2.75) is 44.4 Å². The maximum atomic E-state index is 13.8. The molecule has 166 valence electrons. The first kappa shape index (κ1) is 22.8. The Hall–Kier alpha value is -2.92. The molecule has 1 N–H and O–H groups in total. The Morgan fingerprint density at radius 1 is 1.13 bits per heavy atom. The Morgan fingerprint density at radius 2 is 1.74 bits per heavy atom.